The van der Waals surface area contributed by atoms with Crippen LogP contribution < -0.4 is 5.56 Å². The van der Waals surface area contributed by atoms with E-state index in [0.717, 1.165) is 30.8 Å². The SMILES string of the molecule is COCCCc1cc(=O)[nH]c(CC(C)C)n1. The number of hydrogen-bond donors (Lipinski definition) is 1. The summed E-state index contributed by atoms with van der Waals surface area (Å²) in [6.07, 6.45) is 2.50. The molecule has 0 unspecified atom stereocenters. The molecule has 0 atom stereocenters. The van der Waals surface area contributed by atoms with Crippen molar-refractivity contribution < 1.29 is 4.74 Å². The third-order valence-electron chi connectivity index (χ3n) is 2.23. The molecule has 1 rings (SSSR count). The fourth-order valence-electron chi connectivity index (χ4n) is 1.57. The molecule has 0 saturated heterocycles. The van der Waals surface area contributed by atoms with Crippen LogP contribution in [-0.4, -0.2) is 23.7 Å². The Morgan fingerprint density at radius 2 is 2.25 bits per heavy atom. The molecule has 0 aromatic carbocycles. The molecule has 0 radical (unpaired) electrons. The highest BCUT2D eigenvalue weighted by Gasteiger charge is 2.03. The number of H-pyrrole nitrogens is 1. The minimum atomic E-state index is -0.0573. The van der Waals surface area contributed by atoms with Crippen molar-refractivity contribution in [3.05, 3.63) is 27.9 Å². The zero-order chi connectivity index (χ0) is 12.0. The molecule has 4 nitrogen and oxygen atoms in total. The molecule has 0 bridgehead atoms. The molecule has 0 spiro atoms. The number of aromatic amines is 1. The number of nitrogens with zero attached hydrogens (tertiary/aromatic N) is 1. The molecule has 1 aromatic heterocycles. The molecule has 0 fully saturated rings. The lowest BCUT2D eigenvalue weighted by Crippen LogP contribution is -2.14. The highest BCUT2D eigenvalue weighted by molar-refractivity contribution is 5.03. The van der Waals surface area contributed by atoms with Crippen molar-refractivity contribution in [2.75, 3.05) is 13.7 Å². The van der Waals surface area contributed by atoms with Gasteiger partial charge in [-0.1, -0.05) is 13.8 Å². The van der Waals surface area contributed by atoms with E-state index < -0.39 is 0 Å². The smallest absolute Gasteiger partial charge is 0.251 e. The van der Waals surface area contributed by atoms with Gasteiger partial charge in [0.1, 0.15) is 5.82 Å². The monoisotopic (exact) mass is 224 g/mol. The molecule has 1 aromatic rings. The predicted octanol–water partition coefficient (Wildman–Crippen LogP) is 1.55. The van der Waals surface area contributed by atoms with Crippen LogP contribution in [0.2, 0.25) is 0 Å². The number of aryl methyl sites for hydroxylation is 1. The van der Waals surface area contributed by atoms with E-state index in [1.165, 1.54) is 0 Å². The quantitative estimate of drug-likeness (QED) is 0.746. The zero-order valence-corrected chi connectivity index (χ0v) is 10.2. The topological polar surface area (TPSA) is 55.0 Å². The lowest BCUT2D eigenvalue weighted by Gasteiger charge is -2.06. The standard InChI is InChI=1S/C12H20N2O2/c1-9(2)7-11-13-10(5-4-6-16-3)8-12(15)14-11/h8-9H,4-7H2,1-3H3,(H,13,14,15). The number of ether oxygens (including phenoxy) is 1. The number of nitrogens with one attached hydrogen (secondary N) is 1. The normalized spacial score (nSPS) is 11.0. The van der Waals surface area contributed by atoms with Crippen molar-refractivity contribution in [3.63, 3.8) is 0 Å². The molecular formula is C12H20N2O2. The van der Waals surface area contributed by atoms with Crippen molar-refractivity contribution in [1.82, 2.24) is 9.97 Å². The maximum absolute atomic E-state index is 11.4. The summed E-state index contributed by atoms with van der Waals surface area (Å²) in [7, 11) is 1.68. The van der Waals surface area contributed by atoms with E-state index in [9.17, 15) is 4.79 Å². The number of aromatic nitrogens is 2. The number of hydrogen-bond acceptors (Lipinski definition) is 3. The predicted molar refractivity (Wildman–Crippen MR) is 63.6 cm³/mol. The van der Waals surface area contributed by atoms with Crippen molar-refractivity contribution in [2.24, 2.45) is 5.92 Å². The Hall–Kier alpha value is -1.16. The minimum Gasteiger partial charge on any atom is -0.385 e. The molecule has 1 N–H and O–H groups in total. The van der Waals surface area contributed by atoms with Crippen LogP contribution in [0.25, 0.3) is 0 Å². The second-order valence-electron chi connectivity index (χ2n) is 4.38. The van der Waals surface area contributed by atoms with Crippen molar-refractivity contribution >= 4 is 0 Å². The number of methoxy groups -OCH3 is 1. The maximum atomic E-state index is 11.4. The first-order valence-corrected chi connectivity index (χ1v) is 5.70. The van der Waals surface area contributed by atoms with Crippen LogP contribution >= 0.6 is 0 Å². The van der Waals surface area contributed by atoms with Crippen LogP contribution in [0.4, 0.5) is 0 Å². The second kappa shape index (κ2) is 6.43. The van der Waals surface area contributed by atoms with E-state index >= 15 is 0 Å². The Morgan fingerprint density at radius 3 is 2.88 bits per heavy atom. The van der Waals surface area contributed by atoms with Crippen molar-refractivity contribution in [3.8, 4) is 0 Å². The molecule has 0 aliphatic carbocycles. The Morgan fingerprint density at radius 1 is 1.50 bits per heavy atom. The molecule has 0 aliphatic heterocycles. The van der Waals surface area contributed by atoms with Crippen LogP contribution in [0.1, 0.15) is 31.8 Å². The van der Waals surface area contributed by atoms with E-state index in [1.54, 1.807) is 13.2 Å². The second-order valence-corrected chi connectivity index (χ2v) is 4.38. The van der Waals surface area contributed by atoms with Crippen LogP contribution in [0.5, 0.6) is 0 Å². The van der Waals surface area contributed by atoms with Gasteiger partial charge in [0.05, 0.1) is 0 Å². The van der Waals surface area contributed by atoms with Crippen LogP contribution in [0, 0.1) is 5.92 Å². The van der Waals surface area contributed by atoms with Gasteiger partial charge >= 0.3 is 0 Å². The summed E-state index contributed by atoms with van der Waals surface area (Å²) in [5.41, 5.74) is 0.800. The van der Waals surface area contributed by atoms with E-state index in [2.05, 4.69) is 23.8 Å². The van der Waals surface area contributed by atoms with Gasteiger partial charge < -0.3 is 9.72 Å². The molecular weight excluding hydrogens is 204 g/mol. The van der Waals surface area contributed by atoms with Crippen LogP contribution in [0.15, 0.2) is 10.9 Å². The summed E-state index contributed by atoms with van der Waals surface area (Å²) in [5.74, 6) is 1.28. The molecule has 0 aliphatic rings. The minimum absolute atomic E-state index is 0.0573. The summed E-state index contributed by atoms with van der Waals surface area (Å²) in [6.45, 7) is 4.92. The zero-order valence-electron chi connectivity index (χ0n) is 10.2. The molecule has 90 valence electrons. The fourth-order valence-corrected chi connectivity index (χ4v) is 1.57. The summed E-state index contributed by atoms with van der Waals surface area (Å²) in [6, 6.07) is 1.57. The molecule has 0 amide bonds. The third-order valence-corrected chi connectivity index (χ3v) is 2.23. The van der Waals surface area contributed by atoms with Gasteiger partial charge in [-0.05, 0) is 18.8 Å². The summed E-state index contributed by atoms with van der Waals surface area (Å²) >= 11 is 0. The summed E-state index contributed by atoms with van der Waals surface area (Å²) in [5, 5.41) is 0. The van der Waals surface area contributed by atoms with Crippen molar-refractivity contribution in [1.29, 1.82) is 0 Å². The summed E-state index contributed by atoms with van der Waals surface area (Å²) in [4.78, 5) is 18.6. The Balaban J connectivity index is 2.69. The van der Waals surface area contributed by atoms with Gasteiger partial charge in [-0.15, -0.1) is 0 Å². The Kier molecular flexibility index (Phi) is 5.19. The van der Waals surface area contributed by atoms with E-state index in [1.807, 2.05) is 0 Å². The first kappa shape index (κ1) is 12.9. The summed E-state index contributed by atoms with van der Waals surface area (Å²) < 4.78 is 4.97. The molecule has 0 saturated carbocycles. The molecule has 4 heteroatoms. The average molecular weight is 224 g/mol. The first-order valence-electron chi connectivity index (χ1n) is 5.70. The maximum Gasteiger partial charge on any atom is 0.251 e. The highest BCUT2D eigenvalue weighted by Crippen LogP contribution is 2.03. The molecule has 1 heterocycles. The van der Waals surface area contributed by atoms with Crippen LogP contribution in [-0.2, 0) is 17.6 Å². The van der Waals surface area contributed by atoms with Crippen LogP contribution in [0.3, 0.4) is 0 Å². The van der Waals surface area contributed by atoms with Gasteiger partial charge in [0.2, 0.25) is 0 Å². The average Bonchev–Trinajstić information content (AvgIpc) is 2.16. The fraction of sp³-hybridized carbons (Fsp3) is 0.667. The lowest BCUT2D eigenvalue weighted by atomic mass is 10.1. The number of rotatable bonds is 6. The first-order chi connectivity index (χ1) is 7.61. The Bertz CT molecular complexity index is 372. The molecule has 16 heavy (non-hydrogen) atoms. The highest BCUT2D eigenvalue weighted by atomic mass is 16.5. The van der Waals surface area contributed by atoms with E-state index in [0.29, 0.717) is 12.5 Å². The van der Waals surface area contributed by atoms with Gasteiger partial charge in [0.15, 0.2) is 0 Å². The van der Waals surface area contributed by atoms with Crippen molar-refractivity contribution in [2.45, 2.75) is 33.1 Å². The van der Waals surface area contributed by atoms with Gasteiger partial charge in [-0.3, -0.25) is 4.79 Å². The van der Waals surface area contributed by atoms with Gasteiger partial charge in [0.25, 0.3) is 5.56 Å². The largest absolute Gasteiger partial charge is 0.385 e. The van der Waals surface area contributed by atoms with Gasteiger partial charge in [-0.25, -0.2) is 4.98 Å². The third kappa shape index (κ3) is 4.57. The lowest BCUT2D eigenvalue weighted by molar-refractivity contribution is 0.195. The van der Waals surface area contributed by atoms with E-state index in [4.69, 9.17) is 4.74 Å². The van der Waals surface area contributed by atoms with Gasteiger partial charge in [0, 0.05) is 31.9 Å². The van der Waals surface area contributed by atoms with Gasteiger partial charge in [-0.2, -0.15) is 0 Å². The van der Waals surface area contributed by atoms with E-state index in [-0.39, 0.29) is 5.56 Å². The Labute approximate surface area is 96.1 Å².